The summed E-state index contributed by atoms with van der Waals surface area (Å²) in [5.74, 6) is 1.00. The summed E-state index contributed by atoms with van der Waals surface area (Å²) in [5.41, 5.74) is 0.994. The van der Waals surface area contributed by atoms with E-state index in [0.717, 1.165) is 30.7 Å². The number of carbonyl (C=O) groups excluding carboxylic acids is 1. The van der Waals surface area contributed by atoms with Crippen molar-refractivity contribution in [2.75, 3.05) is 37.8 Å². The number of thiol groups is 1. The fraction of sp³-hybridized carbons (Fsp3) is 0.588. The summed E-state index contributed by atoms with van der Waals surface area (Å²) >= 11 is 4.03. The van der Waals surface area contributed by atoms with Crippen LogP contribution >= 0.6 is 22.6 Å². The lowest BCUT2D eigenvalue weighted by Crippen LogP contribution is -2.08. The molecule has 0 aliphatic carbocycles. The van der Waals surface area contributed by atoms with Crippen LogP contribution in [0, 0.1) is 0 Å². The number of unbranched alkanes of at least 4 members (excludes halogenated alkanes) is 1. The third-order valence-electron chi connectivity index (χ3n) is 3.20. The number of ketones is 1. The molecule has 0 atom stereocenters. The maximum atomic E-state index is 11.0. The van der Waals surface area contributed by atoms with Crippen LogP contribution in [0.2, 0.25) is 0 Å². The van der Waals surface area contributed by atoms with Crippen molar-refractivity contribution in [3.63, 3.8) is 0 Å². The van der Waals surface area contributed by atoms with Gasteiger partial charge in [0.25, 0.3) is 0 Å². The summed E-state index contributed by atoms with van der Waals surface area (Å²) in [6.45, 7) is 4.74. The Morgan fingerprint density at radius 1 is 1.04 bits per heavy atom. The molecule has 5 nitrogen and oxygen atoms in total. The largest absolute Gasteiger partial charge is 0.494 e. The number of nitrogens with one attached hydrogen (secondary N) is 1. The van der Waals surface area contributed by atoms with Crippen LogP contribution in [0.15, 0.2) is 24.3 Å². The number of rotatable bonds is 15. The average Bonchev–Trinajstić information content (AvgIpc) is 2.61. The number of benzene rings is 1. The molecule has 136 valence electrons. The van der Waals surface area contributed by atoms with Crippen molar-refractivity contribution < 1.29 is 19.0 Å². The highest BCUT2D eigenvalue weighted by Gasteiger charge is 1.98. The smallest absolute Gasteiger partial charge is 0.158 e. The van der Waals surface area contributed by atoms with Gasteiger partial charge in [0.2, 0.25) is 0 Å². The molecule has 0 saturated heterocycles. The molecule has 0 aliphatic heterocycles. The van der Waals surface area contributed by atoms with Crippen LogP contribution in [-0.4, -0.2) is 38.8 Å². The normalized spacial score (nSPS) is 10.6. The minimum Gasteiger partial charge on any atom is -0.494 e. The van der Waals surface area contributed by atoms with Crippen LogP contribution < -0.4 is 9.46 Å². The number of hydrogen-bond donors (Lipinski definition) is 2. The first-order valence-electron chi connectivity index (χ1n) is 8.22. The van der Waals surface area contributed by atoms with Gasteiger partial charge >= 0.3 is 0 Å². The lowest BCUT2D eigenvalue weighted by Gasteiger charge is -2.08. The average molecular weight is 374 g/mol. The molecule has 0 unspecified atom stereocenters. The Bertz CT molecular complexity index is 443. The van der Waals surface area contributed by atoms with E-state index in [0.29, 0.717) is 32.8 Å². The minimum absolute atomic E-state index is 0.151. The summed E-state index contributed by atoms with van der Waals surface area (Å²) < 4.78 is 19.5. The molecule has 1 aromatic rings. The Morgan fingerprint density at radius 2 is 1.71 bits per heavy atom. The molecular weight excluding hydrogens is 346 g/mol. The van der Waals surface area contributed by atoms with Gasteiger partial charge in [-0.1, -0.05) is 18.6 Å². The van der Waals surface area contributed by atoms with Gasteiger partial charge in [0.1, 0.15) is 12.4 Å². The second-order valence-electron chi connectivity index (χ2n) is 5.18. The molecule has 1 N–H and O–H groups in total. The molecule has 7 heteroatoms. The quantitative estimate of drug-likeness (QED) is 0.208. The van der Waals surface area contributed by atoms with Gasteiger partial charge in [-0.25, -0.2) is 0 Å². The van der Waals surface area contributed by atoms with E-state index in [2.05, 4.69) is 16.4 Å². The molecule has 0 amide bonds. The zero-order valence-electron chi connectivity index (χ0n) is 14.2. The maximum Gasteiger partial charge on any atom is 0.158 e. The fourth-order valence-electron chi connectivity index (χ4n) is 1.82. The first kappa shape index (κ1) is 21.2. The minimum atomic E-state index is 0.151. The predicted molar refractivity (Wildman–Crippen MR) is 103 cm³/mol. The van der Waals surface area contributed by atoms with E-state index in [-0.39, 0.29) is 12.4 Å². The highest BCUT2D eigenvalue weighted by atomic mass is 33.1. The Morgan fingerprint density at radius 3 is 2.38 bits per heavy atom. The molecular formula is C17H27NO4S2. The SMILES string of the molecule is CCC(=O)COCCCCOCCCOc1ccc(NSS)cc1. The van der Waals surface area contributed by atoms with E-state index in [9.17, 15) is 4.79 Å². The van der Waals surface area contributed by atoms with Gasteiger partial charge in [0.05, 0.1) is 6.61 Å². The first-order valence-corrected chi connectivity index (χ1v) is 10.1. The van der Waals surface area contributed by atoms with E-state index in [1.54, 1.807) is 0 Å². The summed E-state index contributed by atoms with van der Waals surface area (Å²) in [6, 6.07) is 7.75. The Labute approximate surface area is 153 Å². The monoisotopic (exact) mass is 373 g/mol. The van der Waals surface area contributed by atoms with Crippen molar-refractivity contribution in [1.82, 2.24) is 0 Å². The molecule has 0 spiro atoms. The molecule has 0 fully saturated rings. The molecule has 0 aromatic heterocycles. The third-order valence-corrected chi connectivity index (χ3v) is 3.81. The van der Waals surface area contributed by atoms with Crippen LogP contribution in [0.25, 0.3) is 0 Å². The van der Waals surface area contributed by atoms with Crippen LogP contribution in [0.5, 0.6) is 5.75 Å². The lowest BCUT2D eigenvalue weighted by atomic mass is 10.3. The van der Waals surface area contributed by atoms with E-state index >= 15 is 0 Å². The van der Waals surface area contributed by atoms with E-state index in [4.69, 9.17) is 14.2 Å². The van der Waals surface area contributed by atoms with E-state index in [1.165, 1.54) is 11.0 Å². The number of anilines is 1. The summed E-state index contributed by atoms with van der Waals surface area (Å²) in [4.78, 5) is 11.0. The number of Topliss-reactive ketones (excluding diaryl/α,β-unsaturated/α-hetero) is 1. The van der Waals surface area contributed by atoms with Crippen LogP contribution in [-0.2, 0) is 14.3 Å². The third kappa shape index (κ3) is 10.8. The lowest BCUT2D eigenvalue weighted by molar-refractivity contribution is -0.123. The van der Waals surface area contributed by atoms with E-state index in [1.807, 2.05) is 31.2 Å². The van der Waals surface area contributed by atoms with Crippen LogP contribution in [0.4, 0.5) is 5.69 Å². The van der Waals surface area contributed by atoms with Gasteiger partial charge in [-0.15, -0.1) is 0 Å². The first-order chi connectivity index (χ1) is 11.8. The second-order valence-corrected chi connectivity index (χ2v) is 6.12. The van der Waals surface area contributed by atoms with Crippen molar-refractivity contribution in [3.05, 3.63) is 24.3 Å². The number of ether oxygens (including phenoxy) is 3. The molecule has 0 radical (unpaired) electrons. The van der Waals surface area contributed by atoms with Gasteiger partial charge in [-0.3, -0.25) is 4.79 Å². The molecule has 0 aliphatic rings. The molecule has 1 rings (SSSR count). The second kappa shape index (κ2) is 14.5. The molecule has 0 heterocycles. The van der Waals surface area contributed by atoms with E-state index < -0.39 is 0 Å². The molecule has 0 saturated carbocycles. The fourth-order valence-corrected chi connectivity index (χ4v) is 2.38. The van der Waals surface area contributed by atoms with Crippen molar-refractivity contribution in [1.29, 1.82) is 0 Å². The Kier molecular flexibility index (Phi) is 12.7. The standard InChI is InChI=1S/C17H27NO4S2/c1-2-16(19)14-21-11-4-3-10-20-12-5-13-22-17-8-6-15(7-9-17)18-24-23/h6-9,18,23H,2-5,10-14H2,1H3. The molecule has 0 bridgehead atoms. The van der Waals surface area contributed by atoms with Crippen molar-refractivity contribution in [3.8, 4) is 5.75 Å². The van der Waals surface area contributed by atoms with Gasteiger partial charge in [-0.05, 0) is 37.1 Å². The zero-order valence-corrected chi connectivity index (χ0v) is 15.9. The zero-order chi connectivity index (χ0) is 17.5. The Hall–Kier alpha value is -0.890. The van der Waals surface area contributed by atoms with Crippen LogP contribution in [0.3, 0.4) is 0 Å². The predicted octanol–water partition coefficient (Wildman–Crippen LogP) is 4.15. The number of carbonyl (C=O) groups is 1. The summed E-state index contributed by atoms with van der Waals surface area (Å²) in [6.07, 6.45) is 3.26. The summed E-state index contributed by atoms with van der Waals surface area (Å²) in [7, 11) is 1.26. The molecule has 24 heavy (non-hydrogen) atoms. The number of hydrogen-bond acceptors (Lipinski definition) is 7. The Balaban J connectivity index is 1.89. The highest BCUT2D eigenvalue weighted by Crippen LogP contribution is 2.19. The van der Waals surface area contributed by atoms with Crippen molar-refractivity contribution in [2.24, 2.45) is 0 Å². The summed E-state index contributed by atoms with van der Waals surface area (Å²) in [5, 5.41) is 0. The topological polar surface area (TPSA) is 56.8 Å². The van der Waals surface area contributed by atoms with Gasteiger partial charge < -0.3 is 18.9 Å². The van der Waals surface area contributed by atoms with Gasteiger partial charge in [-0.2, -0.15) is 0 Å². The highest BCUT2D eigenvalue weighted by molar-refractivity contribution is 8.69. The van der Waals surface area contributed by atoms with Crippen LogP contribution in [0.1, 0.15) is 32.6 Å². The van der Waals surface area contributed by atoms with Crippen molar-refractivity contribution in [2.45, 2.75) is 32.6 Å². The van der Waals surface area contributed by atoms with Gasteiger partial charge in [0, 0.05) is 49.3 Å². The van der Waals surface area contributed by atoms with Crippen molar-refractivity contribution >= 4 is 34.1 Å². The molecule has 1 aromatic carbocycles. The maximum absolute atomic E-state index is 11.0. The van der Waals surface area contributed by atoms with Gasteiger partial charge in [0.15, 0.2) is 5.78 Å².